The van der Waals surface area contributed by atoms with Crippen LogP contribution in [0, 0.1) is 0 Å². The minimum absolute atomic E-state index is 0.280. The van der Waals surface area contributed by atoms with E-state index in [2.05, 4.69) is 24.9 Å². The van der Waals surface area contributed by atoms with Gasteiger partial charge in [-0.05, 0) is 50.5 Å². The fourth-order valence-electron chi connectivity index (χ4n) is 4.28. The highest BCUT2D eigenvalue weighted by molar-refractivity contribution is 6.22. The van der Waals surface area contributed by atoms with Gasteiger partial charge in [-0.15, -0.1) is 0 Å². The van der Waals surface area contributed by atoms with Crippen molar-refractivity contribution in [3.05, 3.63) is 82.6 Å². The Morgan fingerprint density at radius 1 is 1.03 bits per heavy atom. The Balaban J connectivity index is 1.66. The molecule has 1 aliphatic rings. The summed E-state index contributed by atoms with van der Waals surface area (Å²) in [7, 11) is 1.28. The van der Waals surface area contributed by atoms with Crippen LogP contribution < -0.4 is 0 Å². The van der Waals surface area contributed by atoms with Gasteiger partial charge in [0.05, 0.1) is 18.2 Å². The number of nitrogens with zero attached hydrogens (tertiary/aromatic N) is 1. The predicted octanol–water partition coefficient (Wildman–Crippen LogP) is 4.45. The number of rotatable bonds is 7. The number of methoxy groups -OCH3 is 1. The summed E-state index contributed by atoms with van der Waals surface area (Å²) >= 11 is 0. The van der Waals surface area contributed by atoms with Crippen molar-refractivity contribution in [1.82, 2.24) is 9.88 Å². The lowest BCUT2D eigenvalue weighted by molar-refractivity contribution is -0.145. The van der Waals surface area contributed by atoms with E-state index < -0.39 is 23.8 Å². The molecule has 0 saturated carbocycles. The second kappa shape index (κ2) is 8.83. The van der Waals surface area contributed by atoms with Crippen LogP contribution in [0.3, 0.4) is 0 Å². The molecule has 0 radical (unpaired) electrons. The third kappa shape index (κ3) is 3.84. The number of benzene rings is 2. The zero-order chi connectivity index (χ0) is 22.8. The van der Waals surface area contributed by atoms with E-state index >= 15 is 0 Å². The first-order valence-corrected chi connectivity index (χ1v) is 10.7. The highest BCUT2D eigenvalue weighted by Gasteiger charge is 2.43. The van der Waals surface area contributed by atoms with E-state index in [-0.39, 0.29) is 6.42 Å². The fraction of sp³-hybridized carbons (Fsp3) is 0.269. The molecule has 1 aliphatic heterocycles. The number of imide groups is 1. The highest BCUT2D eigenvalue weighted by atomic mass is 16.5. The van der Waals surface area contributed by atoms with E-state index in [4.69, 9.17) is 4.74 Å². The van der Waals surface area contributed by atoms with Crippen LogP contribution in [0.25, 0.3) is 10.9 Å². The van der Waals surface area contributed by atoms with Crippen molar-refractivity contribution in [2.45, 2.75) is 39.2 Å². The molecule has 1 N–H and O–H groups in total. The summed E-state index contributed by atoms with van der Waals surface area (Å²) in [6.45, 7) is 4.11. The first-order chi connectivity index (χ1) is 15.4. The molecule has 0 aliphatic carbocycles. The summed E-state index contributed by atoms with van der Waals surface area (Å²) in [6, 6.07) is 13.7. The number of hydrogen-bond acceptors (Lipinski definition) is 4. The standard InChI is InChI=1S/C26H26N2O4/c1-16(2)12-14-22-18(17-8-6-7-11-21(17)27-22)13-15-23(26(31)32-3)28-24(29)19-9-4-5-10-20(19)25(28)30/h4-12,23,27H,13-15H2,1-3H3/t23-/m0/s1. The maximum Gasteiger partial charge on any atom is 0.329 e. The molecule has 1 aromatic heterocycles. The number of allylic oxidation sites excluding steroid dienone is 2. The van der Waals surface area contributed by atoms with Crippen molar-refractivity contribution in [3.63, 3.8) is 0 Å². The zero-order valence-corrected chi connectivity index (χ0v) is 18.5. The molecule has 3 aromatic rings. The lowest BCUT2D eigenvalue weighted by Gasteiger charge is -2.24. The van der Waals surface area contributed by atoms with Crippen LogP contribution in [-0.4, -0.2) is 40.8 Å². The molecule has 2 heterocycles. The van der Waals surface area contributed by atoms with Crippen LogP contribution in [0.1, 0.15) is 52.2 Å². The van der Waals surface area contributed by atoms with Gasteiger partial charge < -0.3 is 9.72 Å². The number of para-hydroxylation sites is 1. The molecular formula is C26H26N2O4. The Bertz CT molecular complexity index is 1200. The topological polar surface area (TPSA) is 79.5 Å². The van der Waals surface area contributed by atoms with Crippen LogP contribution in [-0.2, 0) is 22.4 Å². The summed E-state index contributed by atoms with van der Waals surface area (Å²) < 4.78 is 4.98. The number of hydrogen-bond donors (Lipinski definition) is 1. The first kappa shape index (κ1) is 21.6. The summed E-state index contributed by atoms with van der Waals surface area (Å²) in [5, 5.41) is 1.08. The van der Waals surface area contributed by atoms with Crippen molar-refractivity contribution >= 4 is 28.7 Å². The third-order valence-electron chi connectivity index (χ3n) is 5.89. The van der Waals surface area contributed by atoms with Gasteiger partial charge >= 0.3 is 5.97 Å². The quantitative estimate of drug-likeness (QED) is 0.341. The van der Waals surface area contributed by atoms with Crippen molar-refractivity contribution in [1.29, 1.82) is 0 Å². The van der Waals surface area contributed by atoms with Gasteiger partial charge in [-0.2, -0.15) is 0 Å². The smallest absolute Gasteiger partial charge is 0.329 e. The average molecular weight is 431 g/mol. The van der Waals surface area contributed by atoms with Crippen molar-refractivity contribution < 1.29 is 19.1 Å². The highest BCUT2D eigenvalue weighted by Crippen LogP contribution is 2.29. The molecule has 0 bridgehead atoms. The number of carbonyl (C=O) groups excluding carboxylic acids is 3. The summed E-state index contributed by atoms with van der Waals surface area (Å²) in [6.07, 6.45) is 3.68. The van der Waals surface area contributed by atoms with E-state index in [1.165, 1.54) is 12.7 Å². The Kier molecular flexibility index (Phi) is 5.95. The van der Waals surface area contributed by atoms with Crippen LogP contribution in [0.5, 0.6) is 0 Å². The molecule has 0 unspecified atom stereocenters. The molecule has 0 saturated heterocycles. The Hall–Kier alpha value is -3.67. The lowest BCUT2D eigenvalue weighted by Crippen LogP contribution is -2.45. The molecule has 0 spiro atoms. The molecule has 4 rings (SSSR count). The summed E-state index contributed by atoms with van der Waals surface area (Å²) in [5.41, 5.74) is 5.04. The van der Waals surface area contributed by atoms with Crippen molar-refractivity contribution in [2.75, 3.05) is 7.11 Å². The molecule has 32 heavy (non-hydrogen) atoms. The Labute approximate surface area is 186 Å². The maximum absolute atomic E-state index is 13.0. The number of ether oxygens (including phenoxy) is 1. The van der Waals surface area contributed by atoms with Gasteiger partial charge in [-0.3, -0.25) is 14.5 Å². The number of aromatic nitrogens is 1. The number of fused-ring (bicyclic) bond motifs is 2. The van der Waals surface area contributed by atoms with Gasteiger partial charge in [0.2, 0.25) is 0 Å². The van der Waals surface area contributed by atoms with Crippen LogP contribution in [0.2, 0.25) is 0 Å². The lowest BCUT2D eigenvalue weighted by atomic mass is 9.99. The number of amides is 2. The molecule has 6 heteroatoms. The summed E-state index contributed by atoms with van der Waals surface area (Å²) in [4.78, 5) is 43.2. The van der Waals surface area contributed by atoms with Gasteiger partial charge in [0.1, 0.15) is 6.04 Å². The molecule has 164 valence electrons. The van der Waals surface area contributed by atoms with Crippen molar-refractivity contribution in [3.8, 4) is 0 Å². The molecule has 2 aromatic carbocycles. The first-order valence-electron chi connectivity index (χ1n) is 10.7. The Morgan fingerprint density at radius 2 is 1.66 bits per heavy atom. The largest absolute Gasteiger partial charge is 0.467 e. The van der Waals surface area contributed by atoms with E-state index in [0.29, 0.717) is 17.5 Å². The van der Waals surface area contributed by atoms with Gasteiger partial charge in [-0.25, -0.2) is 4.79 Å². The van der Waals surface area contributed by atoms with Crippen LogP contribution in [0.15, 0.2) is 60.2 Å². The fourth-order valence-corrected chi connectivity index (χ4v) is 4.28. The number of aryl methyl sites for hydroxylation is 1. The molecule has 0 fully saturated rings. The van der Waals surface area contributed by atoms with Crippen molar-refractivity contribution in [2.24, 2.45) is 0 Å². The van der Waals surface area contributed by atoms with Crippen LogP contribution in [0.4, 0.5) is 0 Å². The third-order valence-corrected chi connectivity index (χ3v) is 5.89. The minimum Gasteiger partial charge on any atom is -0.467 e. The minimum atomic E-state index is -0.989. The number of carbonyl (C=O) groups is 3. The normalized spacial score (nSPS) is 13.9. The van der Waals surface area contributed by atoms with Crippen LogP contribution >= 0.6 is 0 Å². The number of esters is 1. The van der Waals surface area contributed by atoms with E-state index in [1.807, 2.05) is 24.3 Å². The van der Waals surface area contributed by atoms with E-state index in [1.54, 1.807) is 24.3 Å². The Morgan fingerprint density at radius 3 is 2.28 bits per heavy atom. The zero-order valence-electron chi connectivity index (χ0n) is 18.5. The second-order valence-electron chi connectivity index (χ2n) is 8.22. The second-order valence-corrected chi connectivity index (χ2v) is 8.22. The SMILES string of the molecule is COC(=O)[C@H](CCc1c(CC=C(C)C)[nH]c2ccccc12)N1C(=O)c2ccccc2C1=O. The predicted molar refractivity (Wildman–Crippen MR) is 123 cm³/mol. The van der Waals surface area contributed by atoms with Gasteiger partial charge in [0, 0.05) is 23.0 Å². The summed E-state index contributed by atoms with van der Waals surface area (Å²) in [5.74, 6) is -1.50. The molecule has 6 nitrogen and oxygen atoms in total. The molecule has 2 amide bonds. The monoisotopic (exact) mass is 430 g/mol. The van der Waals surface area contributed by atoms with Gasteiger partial charge in [0.25, 0.3) is 11.8 Å². The average Bonchev–Trinajstić information content (AvgIpc) is 3.28. The van der Waals surface area contributed by atoms with E-state index in [9.17, 15) is 14.4 Å². The van der Waals surface area contributed by atoms with E-state index in [0.717, 1.165) is 33.5 Å². The molecule has 1 atom stereocenters. The number of aromatic amines is 1. The van der Waals surface area contributed by atoms with Gasteiger partial charge in [0.15, 0.2) is 0 Å². The molecular weight excluding hydrogens is 404 g/mol. The number of nitrogens with one attached hydrogen (secondary N) is 1. The maximum atomic E-state index is 13.0. The number of H-pyrrole nitrogens is 1. The van der Waals surface area contributed by atoms with Gasteiger partial charge in [-0.1, -0.05) is 42.0 Å².